The summed E-state index contributed by atoms with van der Waals surface area (Å²) in [6.45, 7) is 3.79. The maximum absolute atomic E-state index is 12.4. The van der Waals surface area contributed by atoms with Crippen molar-refractivity contribution in [1.82, 2.24) is 0 Å². The van der Waals surface area contributed by atoms with Gasteiger partial charge in [0.2, 0.25) is 0 Å². The summed E-state index contributed by atoms with van der Waals surface area (Å²) < 4.78 is 33.3. The number of rotatable bonds is 25. The highest BCUT2D eigenvalue weighted by molar-refractivity contribution is 7.47. The number of hydrogen-bond acceptors (Lipinski definition) is 7. The van der Waals surface area contributed by atoms with E-state index < -0.39 is 32.5 Å². The molecular formula is C32H55NO8P+. The number of esters is 2. The highest BCUT2D eigenvalue weighted by Crippen LogP contribution is 2.43. The zero-order valence-corrected chi connectivity index (χ0v) is 27.3. The Kier molecular flexibility index (Phi) is 23.9. The molecule has 10 heteroatoms. The van der Waals surface area contributed by atoms with Gasteiger partial charge in [0.05, 0.1) is 27.7 Å². The van der Waals surface area contributed by atoms with Crippen LogP contribution in [0.5, 0.6) is 0 Å². The third-order valence-corrected chi connectivity index (χ3v) is 6.52. The molecule has 0 bridgehead atoms. The van der Waals surface area contributed by atoms with Crippen LogP contribution in [0.3, 0.4) is 0 Å². The Morgan fingerprint density at radius 3 is 1.83 bits per heavy atom. The Morgan fingerprint density at radius 1 is 0.762 bits per heavy atom. The van der Waals surface area contributed by atoms with E-state index in [0.29, 0.717) is 30.3 Å². The fourth-order valence-corrected chi connectivity index (χ4v) is 3.94. The molecular weight excluding hydrogens is 557 g/mol. The maximum atomic E-state index is 12.4. The number of quaternary nitrogens is 1. The van der Waals surface area contributed by atoms with Crippen molar-refractivity contribution in [3.05, 3.63) is 60.8 Å². The summed E-state index contributed by atoms with van der Waals surface area (Å²) in [6.07, 6.45) is 27.3. The number of nitrogens with zero attached hydrogens (tertiary/aromatic N) is 1. The Hall–Kier alpha value is -2.29. The van der Waals surface area contributed by atoms with Crippen LogP contribution >= 0.6 is 7.82 Å². The molecule has 0 aliphatic heterocycles. The Balaban J connectivity index is 4.38. The summed E-state index contributed by atoms with van der Waals surface area (Å²) in [5, 5.41) is 0. The van der Waals surface area contributed by atoms with Crippen LogP contribution in [0.15, 0.2) is 60.8 Å². The lowest BCUT2D eigenvalue weighted by Gasteiger charge is -2.24. The van der Waals surface area contributed by atoms with E-state index in [0.717, 1.165) is 32.1 Å². The lowest BCUT2D eigenvalue weighted by atomic mass is 10.2. The van der Waals surface area contributed by atoms with Crippen molar-refractivity contribution in [2.24, 2.45) is 0 Å². The predicted molar refractivity (Wildman–Crippen MR) is 169 cm³/mol. The molecule has 0 aliphatic carbocycles. The van der Waals surface area contributed by atoms with Crippen LogP contribution in [-0.2, 0) is 32.7 Å². The SMILES string of the molecule is CC/C=C\C/C=C\C/C=C\C/C=C\C/C=C\CCCC(=O)OC(COC(=O)CCC)COP(=O)(O)OCC[N+](C)(C)C. The summed E-state index contributed by atoms with van der Waals surface area (Å²) in [7, 11) is 1.42. The molecule has 2 atom stereocenters. The van der Waals surface area contributed by atoms with Crippen molar-refractivity contribution in [3.63, 3.8) is 0 Å². The smallest absolute Gasteiger partial charge is 0.462 e. The van der Waals surface area contributed by atoms with Gasteiger partial charge in [-0.05, 0) is 51.4 Å². The second kappa shape index (κ2) is 25.2. The summed E-state index contributed by atoms with van der Waals surface area (Å²) in [5.74, 6) is -0.940. The number of likely N-dealkylation sites (N-methyl/N-ethyl adjacent to an activating group) is 1. The molecule has 42 heavy (non-hydrogen) atoms. The number of hydrogen-bond donors (Lipinski definition) is 1. The van der Waals surface area contributed by atoms with Crippen LogP contribution in [-0.4, -0.2) is 74.9 Å². The predicted octanol–water partition coefficient (Wildman–Crippen LogP) is 7.00. The molecule has 0 amide bonds. The molecule has 0 heterocycles. The highest BCUT2D eigenvalue weighted by atomic mass is 31.2. The number of phosphoric ester groups is 1. The van der Waals surface area contributed by atoms with Crippen LogP contribution in [0.1, 0.15) is 78.1 Å². The van der Waals surface area contributed by atoms with Gasteiger partial charge in [0.1, 0.15) is 19.8 Å². The monoisotopic (exact) mass is 612 g/mol. The van der Waals surface area contributed by atoms with Crippen molar-refractivity contribution in [3.8, 4) is 0 Å². The van der Waals surface area contributed by atoms with E-state index in [4.69, 9.17) is 18.5 Å². The van der Waals surface area contributed by atoms with E-state index in [-0.39, 0.29) is 26.1 Å². The van der Waals surface area contributed by atoms with Gasteiger partial charge < -0.3 is 18.9 Å². The minimum absolute atomic E-state index is 0.0169. The zero-order valence-electron chi connectivity index (χ0n) is 26.4. The summed E-state index contributed by atoms with van der Waals surface area (Å²) in [6, 6.07) is 0. The van der Waals surface area contributed by atoms with Crippen LogP contribution in [0.2, 0.25) is 0 Å². The minimum Gasteiger partial charge on any atom is -0.462 e. The van der Waals surface area contributed by atoms with Gasteiger partial charge in [-0.15, -0.1) is 0 Å². The van der Waals surface area contributed by atoms with Gasteiger partial charge in [-0.25, -0.2) is 4.57 Å². The van der Waals surface area contributed by atoms with E-state index in [1.807, 2.05) is 34.1 Å². The van der Waals surface area contributed by atoms with E-state index >= 15 is 0 Å². The lowest BCUT2D eigenvalue weighted by molar-refractivity contribution is -0.870. The fourth-order valence-electron chi connectivity index (χ4n) is 3.20. The molecule has 240 valence electrons. The number of carbonyl (C=O) groups excluding carboxylic acids is 2. The molecule has 0 rings (SSSR count). The van der Waals surface area contributed by atoms with Crippen molar-refractivity contribution in [2.75, 3.05) is 47.5 Å². The van der Waals surface area contributed by atoms with Gasteiger partial charge in [-0.3, -0.25) is 18.6 Å². The van der Waals surface area contributed by atoms with E-state index in [9.17, 15) is 19.0 Å². The van der Waals surface area contributed by atoms with Crippen molar-refractivity contribution in [1.29, 1.82) is 0 Å². The number of unbranched alkanes of at least 4 members (excludes halogenated alkanes) is 1. The van der Waals surface area contributed by atoms with Gasteiger partial charge in [0.25, 0.3) is 0 Å². The van der Waals surface area contributed by atoms with E-state index in [1.165, 1.54) is 0 Å². The molecule has 0 saturated carbocycles. The van der Waals surface area contributed by atoms with Gasteiger partial charge in [0, 0.05) is 12.8 Å². The largest absolute Gasteiger partial charge is 0.472 e. The summed E-state index contributed by atoms with van der Waals surface area (Å²) in [4.78, 5) is 34.1. The first-order valence-electron chi connectivity index (χ1n) is 15.0. The molecule has 0 saturated heterocycles. The summed E-state index contributed by atoms with van der Waals surface area (Å²) >= 11 is 0. The molecule has 0 aromatic carbocycles. The Morgan fingerprint density at radius 2 is 1.31 bits per heavy atom. The van der Waals surface area contributed by atoms with E-state index in [1.54, 1.807) is 0 Å². The van der Waals surface area contributed by atoms with Gasteiger partial charge in [-0.1, -0.05) is 74.6 Å². The van der Waals surface area contributed by atoms with Gasteiger partial charge >= 0.3 is 19.8 Å². The number of phosphoric acid groups is 1. The Labute approximate surface area is 254 Å². The minimum atomic E-state index is -4.36. The molecule has 9 nitrogen and oxygen atoms in total. The van der Waals surface area contributed by atoms with Crippen LogP contribution in [0.4, 0.5) is 0 Å². The van der Waals surface area contributed by atoms with Gasteiger partial charge in [0.15, 0.2) is 6.10 Å². The quantitative estimate of drug-likeness (QED) is 0.0386. The highest BCUT2D eigenvalue weighted by Gasteiger charge is 2.26. The average molecular weight is 613 g/mol. The first-order chi connectivity index (χ1) is 20.0. The molecule has 0 spiro atoms. The molecule has 0 aliphatic rings. The molecule has 0 radical (unpaired) electrons. The van der Waals surface area contributed by atoms with Crippen molar-refractivity contribution in [2.45, 2.75) is 84.2 Å². The first kappa shape index (κ1) is 39.7. The molecule has 2 unspecified atom stereocenters. The second-order valence-electron chi connectivity index (χ2n) is 10.8. The number of allylic oxidation sites excluding steroid dienone is 10. The second-order valence-corrected chi connectivity index (χ2v) is 12.2. The first-order valence-corrected chi connectivity index (χ1v) is 16.5. The fraction of sp³-hybridized carbons (Fsp3) is 0.625. The van der Waals surface area contributed by atoms with Gasteiger partial charge in [-0.2, -0.15) is 0 Å². The van der Waals surface area contributed by atoms with Crippen molar-refractivity contribution < 1.29 is 42.1 Å². The van der Waals surface area contributed by atoms with Crippen LogP contribution < -0.4 is 0 Å². The van der Waals surface area contributed by atoms with Crippen LogP contribution in [0, 0.1) is 0 Å². The normalized spacial score (nSPS) is 14.9. The maximum Gasteiger partial charge on any atom is 0.472 e. The summed E-state index contributed by atoms with van der Waals surface area (Å²) in [5.41, 5.74) is 0. The van der Waals surface area contributed by atoms with E-state index in [2.05, 4.69) is 61.6 Å². The standard InChI is InChI=1S/C32H54NO8P/c1-6-8-9-10-11-12-13-14-15-16-17-18-19-20-21-22-23-25-32(35)41-30(28-38-31(34)24-7-2)29-40-42(36,37)39-27-26-33(3,4)5/h8-9,11-12,14-15,17-18,20-21,30H,6-7,10,13,16,19,22-29H2,1-5H3/p+1/b9-8-,12-11-,15-14-,18-17-,21-20-. The zero-order chi connectivity index (χ0) is 31.5. The topological polar surface area (TPSA) is 108 Å². The molecule has 0 aromatic rings. The lowest BCUT2D eigenvalue weighted by Crippen LogP contribution is -2.37. The Bertz CT molecular complexity index is 918. The van der Waals surface area contributed by atoms with Crippen molar-refractivity contribution >= 4 is 19.8 Å². The number of ether oxygens (including phenoxy) is 2. The molecule has 1 N–H and O–H groups in total. The average Bonchev–Trinajstić information content (AvgIpc) is 2.91. The number of carbonyl (C=O) groups is 2. The van der Waals surface area contributed by atoms with Crippen LogP contribution in [0.25, 0.3) is 0 Å². The molecule has 0 aromatic heterocycles. The third kappa shape index (κ3) is 27.9. The third-order valence-electron chi connectivity index (χ3n) is 5.53. The molecule has 0 fully saturated rings.